The molecule has 8 nitrogen and oxygen atoms in total. The van der Waals surface area contributed by atoms with E-state index in [1.807, 2.05) is 0 Å². The maximum absolute atomic E-state index is 11.6. The maximum Gasteiger partial charge on any atom is 0.269 e. The monoisotopic (exact) mass is 266 g/mol. The van der Waals surface area contributed by atoms with Crippen LogP contribution >= 0.6 is 11.8 Å². The van der Waals surface area contributed by atoms with E-state index in [2.05, 4.69) is 30.7 Å². The van der Waals surface area contributed by atoms with Gasteiger partial charge in [0.15, 0.2) is 0 Å². The first-order valence-corrected chi connectivity index (χ1v) is 6.05. The second kappa shape index (κ2) is 5.96. The van der Waals surface area contributed by atoms with Gasteiger partial charge < -0.3 is 10.3 Å². The van der Waals surface area contributed by atoms with Gasteiger partial charge in [0.05, 0.1) is 18.6 Å². The van der Waals surface area contributed by atoms with Crippen molar-refractivity contribution in [2.45, 2.75) is 5.03 Å². The lowest BCUT2D eigenvalue weighted by Crippen LogP contribution is -2.28. The molecule has 0 unspecified atom stereocenters. The van der Waals surface area contributed by atoms with Gasteiger partial charge in [-0.3, -0.25) is 14.6 Å². The van der Waals surface area contributed by atoms with E-state index in [1.54, 1.807) is 6.20 Å². The quantitative estimate of drug-likeness (QED) is 0.492. The summed E-state index contributed by atoms with van der Waals surface area (Å²) in [5.74, 6) is 0.295. The Morgan fingerprint density at radius 1 is 1.39 bits per heavy atom. The molecule has 9 heteroatoms. The summed E-state index contributed by atoms with van der Waals surface area (Å²) >= 11 is 1.46. The minimum Gasteiger partial charge on any atom is -0.350 e. The third-order valence-corrected chi connectivity index (χ3v) is 2.83. The number of carbonyl (C=O) groups is 1. The van der Waals surface area contributed by atoms with E-state index < -0.39 is 5.56 Å². The summed E-state index contributed by atoms with van der Waals surface area (Å²) in [5, 5.41) is 13.4. The van der Waals surface area contributed by atoms with Crippen LogP contribution in [0.3, 0.4) is 0 Å². The number of nitrogens with one attached hydrogen (secondary N) is 3. The summed E-state index contributed by atoms with van der Waals surface area (Å²) in [6.45, 7) is 0.452. The molecule has 0 aliphatic rings. The van der Waals surface area contributed by atoms with Crippen molar-refractivity contribution in [2.24, 2.45) is 0 Å². The van der Waals surface area contributed by atoms with Crippen molar-refractivity contribution in [3.63, 3.8) is 0 Å². The Bertz CT molecular complexity index is 566. The molecule has 0 fully saturated rings. The number of hydrogen-bond acceptors (Lipinski definition) is 6. The third-order valence-electron chi connectivity index (χ3n) is 1.93. The summed E-state index contributed by atoms with van der Waals surface area (Å²) in [5.41, 5.74) is -0.256. The van der Waals surface area contributed by atoms with Gasteiger partial charge in [0.25, 0.3) is 11.5 Å². The number of nitrogens with zero attached hydrogens (tertiary/aromatic N) is 3. The number of H-pyrrole nitrogens is 2. The summed E-state index contributed by atoms with van der Waals surface area (Å²) in [7, 11) is 0. The smallest absolute Gasteiger partial charge is 0.269 e. The topological polar surface area (TPSA) is 116 Å². The molecule has 18 heavy (non-hydrogen) atoms. The molecule has 3 N–H and O–H groups in total. The Morgan fingerprint density at radius 2 is 2.28 bits per heavy atom. The van der Waals surface area contributed by atoms with Gasteiger partial charge in [-0.1, -0.05) is 0 Å². The first kappa shape index (κ1) is 12.3. The summed E-state index contributed by atoms with van der Waals surface area (Å²) in [6.07, 6.45) is 4.02. The van der Waals surface area contributed by atoms with E-state index in [0.29, 0.717) is 12.3 Å². The Hall–Kier alpha value is -2.16. The number of thioether (sulfide) groups is 1. The number of amides is 1. The number of rotatable bonds is 5. The molecular formula is C9H10N6O2S. The Balaban J connectivity index is 1.77. The highest BCUT2D eigenvalue weighted by Crippen LogP contribution is 2.10. The van der Waals surface area contributed by atoms with Crippen LogP contribution in [0.4, 0.5) is 0 Å². The standard InChI is InChI=1S/C9H10N6O2S/c16-7-4-10-3-6(13-7)9(17)11-1-2-18-8-5-12-15-14-8/h3-5H,1-2H2,(H,11,17)(H,13,16)(H,12,14,15). The van der Waals surface area contributed by atoms with Gasteiger partial charge in [-0.2, -0.15) is 10.3 Å². The van der Waals surface area contributed by atoms with E-state index >= 15 is 0 Å². The van der Waals surface area contributed by atoms with Crippen molar-refractivity contribution in [1.29, 1.82) is 0 Å². The number of hydrogen-bond donors (Lipinski definition) is 3. The van der Waals surface area contributed by atoms with E-state index in [9.17, 15) is 9.59 Å². The Labute approximate surface area is 106 Å². The van der Waals surface area contributed by atoms with Crippen LogP contribution in [0.25, 0.3) is 0 Å². The van der Waals surface area contributed by atoms with Gasteiger partial charge in [0, 0.05) is 12.3 Å². The lowest BCUT2D eigenvalue weighted by molar-refractivity contribution is 0.0950. The first-order valence-electron chi connectivity index (χ1n) is 5.07. The van der Waals surface area contributed by atoms with Crippen molar-refractivity contribution in [1.82, 2.24) is 30.7 Å². The molecule has 0 aliphatic heterocycles. The molecule has 2 rings (SSSR count). The molecule has 94 valence electrons. The maximum atomic E-state index is 11.6. The number of carbonyl (C=O) groups excluding carboxylic acids is 1. The molecule has 0 saturated heterocycles. The van der Waals surface area contributed by atoms with Crippen LogP contribution in [0.15, 0.2) is 28.4 Å². The van der Waals surface area contributed by atoms with Crippen molar-refractivity contribution in [3.8, 4) is 0 Å². The zero-order chi connectivity index (χ0) is 12.8. The highest BCUT2D eigenvalue weighted by molar-refractivity contribution is 7.99. The van der Waals surface area contributed by atoms with Crippen LogP contribution in [0, 0.1) is 0 Å². The van der Waals surface area contributed by atoms with Gasteiger partial charge in [-0.15, -0.1) is 16.9 Å². The highest BCUT2D eigenvalue weighted by Gasteiger charge is 2.06. The second-order valence-corrected chi connectivity index (χ2v) is 4.34. The van der Waals surface area contributed by atoms with Crippen molar-refractivity contribution in [2.75, 3.05) is 12.3 Å². The number of aromatic amines is 2. The predicted molar refractivity (Wildman–Crippen MR) is 64.3 cm³/mol. The minimum absolute atomic E-state index is 0.147. The average Bonchev–Trinajstić information content (AvgIpc) is 2.87. The second-order valence-electron chi connectivity index (χ2n) is 3.22. The summed E-state index contributed by atoms with van der Waals surface area (Å²) < 4.78 is 0. The molecule has 0 aliphatic carbocycles. The zero-order valence-electron chi connectivity index (χ0n) is 9.21. The molecule has 0 aromatic carbocycles. The predicted octanol–water partition coefficient (Wildman–Crippen LogP) is -0.590. The molecule has 2 heterocycles. The molecule has 0 spiro atoms. The SMILES string of the molecule is O=C(NCCSc1cn[nH]n1)c1cncc(=O)[nH]1. The fraction of sp³-hybridized carbons (Fsp3) is 0.222. The normalized spacial score (nSPS) is 10.2. The lowest BCUT2D eigenvalue weighted by Gasteiger charge is -2.03. The van der Waals surface area contributed by atoms with Gasteiger partial charge in [0.2, 0.25) is 0 Å². The largest absolute Gasteiger partial charge is 0.350 e. The fourth-order valence-electron chi connectivity index (χ4n) is 1.17. The molecule has 0 bridgehead atoms. The first-order chi connectivity index (χ1) is 8.75. The van der Waals surface area contributed by atoms with E-state index in [-0.39, 0.29) is 11.6 Å². The van der Waals surface area contributed by atoms with Crippen LogP contribution < -0.4 is 10.9 Å². The van der Waals surface area contributed by atoms with E-state index in [0.717, 1.165) is 11.2 Å². The molecule has 0 radical (unpaired) electrons. The van der Waals surface area contributed by atoms with Crippen LogP contribution in [0.5, 0.6) is 0 Å². The van der Waals surface area contributed by atoms with E-state index in [1.165, 1.54) is 18.0 Å². The van der Waals surface area contributed by atoms with Crippen molar-refractivity contribution >= 4 is 17.7 Å². The van der Waals surface area contributed by atoms with Gasteiger partial charge >= 0.3 is 0 Å². The minimum atomic E-state index is -0.403. The van der Waals surface area contributed by atoms with Gasteiger partial charge in [-0.05, 0) is 0 Å². The molecule has 0 atom stereocenters. The van der Waals surface area contributed by atoms with Crippen molar-refractivity contribution in [3.05, 3.63) is 34.6 Å². The van der Waals surface area contributed by atoms with Crippen molar-refractivity contribution < 1.29 is 4.79 Å². The Kier molecular flexibility index (Phi) is 4.07. The lowest BCUT2D eigenvalue weighted by atomic mass is 10.4. The van der Waals surface area contributed by atoms with Crippen LogP contribution in [-0.2, 0) is 0 Å². The van der Waals surface area contributed by atoms with E-state index in [4.69, 9.17) is 0 Å². The summed E-state index contributed by atoms with van der Waals surface area (Å²) in [4.78, 5) is 28.6. The molecule has 2 aromatic heterocycles. The molecule has 0 saturated carbocycles. The molecule has 1 amide bonds. The van der Waals surface area contributed by atoms with Crippen LogP contribution in [0.1, 0.15) is 10.5 Å². The Morgan fingerprint density at radius 3 is 3.00 bits per heavy atom. The average molecular weight is 266 g/mol. The zero-order valence-corrected chi connectivity index (χ0v) is 10.0. The number of aromatic nitrogens is 5. The van der Waals surface area contributed by atoms with Gasteiger partial charge in [0.1, 0.15) is 10.7 Å². The van der Waals surface area contributed by atoms with Gasteiger partial charge in [-0.25, -0.2) is 0 Å². The fourth-order valence-corrected chi connectivity index (χ4v) is 1.81. The third kappa shape index (κ3) is 3.42. The highest BCUT2D eigenvalue weighted by atomic mass is 32.2. The summed E-state index contributed by atoms with van der Waals surface area (Å²) in [6, 6.07) is 0. The van der Waals surface area contributed by atoms with Crippen LogP contribution in [0.2, 0.25) is 0 Å². The molecular weight excluding hydrogens is 256 g/mol. The van der Waals surface area contributed by atoms with Crippen LogP contribution in [-0.4, -0.2) is 43.6 Å². The molecule has 2 aromatic rings.